The molecule has 0 spiro atoms. The molecule has 1 N–H and O–H groups in total. The Morgan fingerprint density at radius 1 is 1.00 bits per heavy atom. The highest BCUT2D eigenvalue weighted by molar-refractivity contribution is 5.63. The number of halogens is 5. The van der Waals surface area contributed by atoms with E-state index in [1.807, 2.05) is 0 Å². The van der Waals surface area contributed by atoms with Crippen LogP contribution < -0.4 is 5.32 Å². The van der Waals surface area contributed by atoms with E-state index in [9.17, 15) is 22.0 Å². The van der Waals surface area contributed by atoms with Gasteiger partial charge < -0.3 is 10.1 Å². The summed E-state index contributed by atoms with van der Waals surface area (Å²) in [6.07, 6.45) is -3.56. The predicted molar refractivity (Wildman–Crippen MR) is 81.7 cm³/mol. The van der Waals surface area contributed by atoms with E-state index in [4.69, 9.17) is 4.74 Å². The van der Waals surface area contributed by atoms with Crippen LogP contribution in [0.5, 0.6) is 0 Å². The molecule has 3 nitrogen and oxygen atoms in total. The molecule has 25 heavy (non-hydrogen) atoms. The Bertz CT molecular complexity index is 757. The van der Waals surface area contributed by atoms with Crippen LogP contribution in [0, 0.1) is 11.6 Å². The van der Waals surface area contributed by atoms with Gasteiger partial charge in [-0.25, -0.2) is 13.8 Å². The van der Waals surface area contributed by atoms with Gasteiger partial charge in [0.15, 0.2) is 0 Å². The lowest BCUT2D eigenvalue weighted by atomic mass is 9.94. The summed E-state index contributed by atoms with van der Waals surface area (Å²) in [5.41, 5.74) is -0.764. The van der Waals surface area contributed by atoms with Gasteiger partial charge in [0.2, 0.25) is 0 Å². The molecule has 1 aliphatic rings. The van der Waals surface area contributed by atoms with Gasteiger partial charge in [-0.05, 0) is 37.1 Å². The van der Waals surface area contributed by atoms with Crippen LogP contribution in [0.1, 0.15) is 30.1 Å². The van der Waals surface area contributed by atoms with Gasteiger partial charge in [-0.1, -0.05) is 0 Å². The molecule has 1 fully saturated rings. The van der Waals surface area contributed by atoms with Gasteiger partial charge in [0.1, 0.15) is 17.3 Å². The number of pyridine rings is 1. The molecule has 0 bridgehead atoms. The Kier molecular flexibility index (Phi) is 4.89. The van der Waals surface area contributed by atoms with Gasteiger partial charge >= 0.3 is 6.18 Å². The molecule has 2 aromatic rings. The molecule has 1 saturated heterocycles. The Morgan fingerprint density at radius 3 is 2.40 bits per heavy atom. The number of anilines is 2. The molecule has 0 aliphatic carbocycles. The largest absolute Gasteiger partial charge is 0.433 e. The van der Waals surface area contributed by atoms with Crippen LogP contribution in [-0.4, -0.2) is 18.2 Å². The monoisotopic (exact) mass is 358 g/mol. The summed E-state index contributed by atoms with van der Waals surface area (Å²) in [7, 11) is 0. The average Bonchev–Trinajstić information content (AvgIpc) is 2.58. The highest BCUT2D eigenvalue weighted by Crippen LogP contribution is 2.36. The summed E-state index contributed by atoms with van der Waals surface area (Å²) in [6.45, 7) is 0.826. The SMILES string of the molecule is Fc1ccc(F)c(Nc2ccc(C(F)(F)F)nc2C2CCOCC2)c1. The molecule has 0 saturated carbocycles. The first-order valence-corrected chi connectivity index (χ1v) is 7.72. The number of hydrogen-bond donors (Lipinski definition) is 1. The lowest BCUT2D eigenvalue weighted by molar-refractivity contribution is -0.141. The predicted octanol–water partition coefficient (Wildman–Crippen LogP) is 5.02. The molecule has 134 valence electrons. The highest BCUT2D eigenvalue weighted by Gasteiger charge is 2.34. The second kappa shape index (κ2) is 6.95. The van der Waals surface area contributed by atoms with Gasteiger partial charge in [-0.3, -0.25) is 0 Å². The Hall–Kier alpha value is -2.22. The van der Waals surface area contributed by atoms with Crippen LogP contribution in [0.3, 0.4) is 0 Å². The van der Waals surface area contributed by atoms with E-state index in [0.717, 1.165) is 24.3 Å². The lowest BCUT2D eigenvalue weighted by Gasteiger charge is -2.25. The van der Waals surface area contributed by atoms with Gasteiger partial charge in [0, 0.05) is 25.2 Å². The van der Waals surface area contributed by atoms with Crippen LogP contribution in [0.2, 0.25) is 0 Å². The van der Waals surface area contributed by atoms with E-state index in [0.29, 0.717) is 26.1 Å². The lowest BCUT2D eigenvalue weighted by Crippen LogP contribution is -2.19. The molecule has 3 rings (SSSR count). The molecule has 1 aromatic carbocycles. The number of alkyl halides is 3. The number of hydrogen-bond acceptors (Lipinski definition) is 3. The zero-order chi connectivity index (χ0) is 18.0. The maximum Gasteiger partial charge on any atom is 0.433 e. The fourth-order valence-corrected chi connectivity index (χ4v) is 2.76. The normalized spacial score (nSPS) is 16.0. The summed E-state index contributed by atoms with van der Waals surface area (Å²) < 4.78 is 71.4. The van der Waals surface area contributed by atoms with Crippen LogP contribution in [0.4, 0.5) is 33.3 Å². The maximum absolute atomic E-state index is 13.8. The fourth-order valence-electron chi connectivity index (χ4n) is 2.76. The number of aromatic nitrogens is 1. The van der Waals surface area contributed by atoms with Crippen molar-refractivity contribution in [1.29, 1.82) is 0 Å². The van der Waals surface area contributed by atoms with Gasteiger partial charge in [-0.2, -0.15) is 13.2 Å². The third-order valence-electron chi connectivity index (χ3n) is 4.02. The average molecular weight is 358 g/mol. The standard InChI is InChI=1S/C17H15F5N2O/c18-11-1-2-12(19)14(9-11)23-13-3-4-15(17(20,21)22)24-16(13)10-5-7-25-8-6-10/h1-4,9-10,23H,5-8H2. The van der Waals surface area contributed by atoms with E-state index < -0.39 is 23.5 Å². The number of nitrogens with zero attached hydrogens (tertiary/aromatic N) is 1. The summed E-state index contributed by atoms with van der Waals surface area (Å²) in [5.74, 6) is -1.62. The molecule has 1 aromatic heterocycles. The van der Waals surface area contributed by atoms with Crippen LogP contribution in [0.15, 0.2) is 30.3 Å². The van der Waals surface area contributed by atoms with Gasteiger partial charge in [0.05, 0.1) is 17.1 Å². The topological polar surface area (TPSA) is 34.2 Å². The molecule has 0 unspecified atom stereocenters. The van der Waals surface area contributed by atoms with Crippen LogP contribution in [0.25, 0.3) is 0 Å². The molecule has 0 amide bonds. The van der Waals surface area contributed by atoms with E-state index in [1.165, 1.54) is 6.07 Å². The van der Waals surface area contributed by atoms with Crippen molar-refractivity contribution in [2.24, 2.45) is 0 Å². The summed E-state index contributed by atoms with van der Waals surface area (Å²) in [6, 6.07) is 4.88. The van der Waals surface area contributed by atoms with Crippen molar-refractivity contribution in [3.05, 3.63) is 53.4 Å². The van der Waals surface area contributed by atoms with E-state index in [1.54, 1.807) is 0 Å². The molecule has 1 aliphatic heterocycles. The number of nitrogens with one attached hydrogen (secondary N) is 1. The zero-order valence-corrected chi connectivity index (χ0v) is 13.0. The number of benzene rings is 1. The van der Waals surface area contributed by atoms with E-state index in [2.05, 4.69) is 10.3 Å². The minimum atomic E-state index is -4.58. The van der Waals surface area contributed by atoms with Crippen molar-refractivity contribution < 1.29 is 26.7 Å². The minimum absolute atomic E-state index is 0.158. The Morgan fingerprint density at radius 2 is 1.72 bits per heavy atom. The second-order valence-corrected chi connectivity index (χ2v) is 5.76. The summed E-state index contributed by atoms with van der Waals surface area (Å²) in [5, 5.41) is 2.67. The van der Waals surface area contributed by atoms with Crippen LogP contribution >= 0.6 is 0 Å². The first-order valence-electron chi connectivity index (χ1n) is 7.72. The van der Waals surface area contributed by atoms with Gasteiger partial charge in [-0.15, -0.1) is 0 Å². The van der Waals surface area contributed by atoms with Gasteiger partial charge in [0.25, 0.3) is 0 Å². The quantitative estimate of drug-likeness (QED) is 0.783. The number of rotatable bonds is 3. The Balaban J connectivity index is 2.00. The highest BCUT2D eigenvalue weighted by atomic mass is 19.4. The van der Waals surface area contributed by atoms with Crippen molar-refractivity contribution in [1.82, 2.24) is 4.98 Å². The first-order chi connectivity index (χ1) is 11.8. The molecular weight excluding hydrogens is 343 g/mol. The molecule has 2 heterocycles. The third-order valence-corrected chi connectivity index (χ3v) is 4.02. The zero-order valence-electron chi connectivity index (χ0n) is 13.0. The first kappa shape index (κ1) is 17.6. The number of ether oxygens (including phenoxy) is 1. The Labute approximate surface area is 140 Å². The second-order valence-electron chi connectivity index (χ2n) is 5.76. The summed E-state index contributed by atoms with van der Waals surface area (Å²) >= 11 is 0. The van der Waals surface area contributed by atoms with Crippen LogP contribution in [-0.2, 0) is 10.9 Å². The van der Waals surface area contributed by atoms with Crippen molar-refractivity contribution in [3.8, 4) is 0 Å². The van der Waals surface area contributed by atoms with Crippen molar-refractivity contribution in [2.45, 2.75) is 24.9 Å². The summed E-state index contributed by atoms with van der Waals surface area (Å²) in [4.78, 5) is 3.76. The third kappa shape index (κ3) is 4.07. The minimum Gasteiger partial charge on any atom is -0.381 e. The van der Waals surface area contributed by atoms with E-state index in [-0.39, 0.29) is 23.0 Å². The van der Waals surface area contributed by atoms with Crippen molar-refractivity contribution in [3.63, 3.8) is 0 Å². The van der Waals surface area contributed by atoms with Crippen molar-refractivity contribution >= 4 is 11.4 Å². The molecule has 8 heteroatoms. The maximum atomic E-state index is 13.8. The molecule has 0 radical (unpaired) electrons. The smallest absolute Gasteiger partial charge is 0.381 e. The molecular formula is C17H15F5N2O. The fraction of sp³-hybridized carbons (Fsp3) is 0.353. The van der Waals surface area contributed by atoms with Crippen molar-refractivity contribution in [2.75, 3.05) is 18.5 Å². The molecule has 0 atom stereocenters. The van der Waals surface area contributed by atoms with E-state index >= 15 is 0 Å².